The van der Waals surface area contributed by atoms with Crippen LogP contribution in [0.25, 0.3) is 0 Å². The third kappa shape index (κ3) is 2.94. The molecule has 1 fully saturated rings. The highest BCUT2D eigenvalue weighted by atomic mass is 35.5. The van der Waals surface area contributed by atoms with Gasteiger partial charge in [0.1, 0.15) is 0 Å². The highest BCUT2D eigenvalue weighted by molar-refractivity contribution is 6.34. The molecule has 5 heteroatoms. The Morgan fingerprint density at radius 2 is 2.39 bits per heavy atom. The first kappa shape index (κ1) is 13.2. The molecule has 0 aromatic heterocycles. The summed E-state index contributed by atoms with van der Waals surface area (Å²) in [6.07, 6.45) is 2.32. The molecule has 1 aliphatic heterocycles. The van der Waals surface area contributed by atoms with Crippen molar-refractivity contribution in [1.29, 1.82) is 0 Å². The number of carbonyl (C=O) groups excluding carboxylic acids is 1. The van der Waals surface area contributed by atoms with E-state index >= 15 is 0 Å². The van der Waals surface area contributed by atoms with Gasteiger partial charge in [0.25, 0.3) is 5.91 Å². The number of likely N-dealkylation sites (N-methyl/N-ethyl adjacent to an activating group) is 1. The van der Waals surface area contributed by atoms with Crippen molar-refractivity contribution in [3.63, 3.8) is 0 Å². The first-order chi connectivity index (χ1) is 8.58. The zero-order valence-electron chi connectivity index (χ0n) is 10.4. The van der Waals surface area contributed by atoms with E-state index in [2.05, 4.69) is 17.3 Å². The number of hydrogen-bond donors (Lipinski definition) is 2. The van der Waals surface area contributed by atoms with Gasteiger partial charge < -0.3 is 16.0 Å². The van der Waals surface area contributed by atoms with E-state index in [1.807, 2.05) is 0 Å². The summed E-state index contributed by atoms with van der Waals surface area (Å²) in [6.45, 7) is 1.75. The quantitative estimate of drug-likeness (QED) is 0.821. The number of likely N-dealkylation sites (tertiary alicyclic amines) is 1. The molecular weight excluding hydrogens is 250 g/mol. The van der Waals surface area contributed by atoms with Crippen LogP contribution in [0, 0.1) is 0 Å². The molecule has 1 aliphatic rings. The summed E-state index contributed by atoms with van der Waals surface area (Å²) in [6, 6.07) is 5.36. The number of nitrogens with zero attached hydrogens (tertiary/aromatic N) is 1. The number of rotatable bonds is 3. The molecule has 1 atom stereocenters. The molecule has 0 aliphatic carbocycles. The third-order valence-corrected chi connectivity index (χ3v) is 3.73. The van der Waals surface area contributed by atoms with Gasteiger partial charge in [-0.25, -0.2) is 0 Å². The third-order valence-electron chi connectivity index (χ3n) is 3.40. The molecule has 3 N–H and O–H groups in total. The molecule has 0 radical (unpaired) electrons. The van der Waals surface area contributed by atoms with Gasteiger partial charge in [0.2, 0.25) is 0 Å². The number of nitrogens with two attached hydrogens (primary N) is 1. The molecule has 1 aromatic rings. The summed E-state index contributed by atoms with van der Waals surface area (Å²) in [5, 5.41) is 3.35. The fourth-order valence-electron chi connectivity index (χ4n) is 2.26. The topological polar surface area (TPSA) is 58.4 Å². The summed E-state index contributed by atoms with van der Waals surface area (Å²) in [7, 11) is 2.08. The lowest BCUT2D eigenvalue weighted by Gasteiger charge is -2.19. The Morgan fingerprint density at radius 1 is 1.61 bits per heavy atom. The lowest BCUT2D eigenvalue weighted by Crippen LogP contribution is -2.38. The van der Waals surface area contributed by atoms with Crippen LogP contribution in [0.15, 0.2) is 18.2 Å². The molecular formula is C13H18ClN3O. The van der Waals surface area contributed by atoms with Crippen LogP contribution >= 0.6 is 11.6 Å². The Bertz CT molecular complexity index is 450. The summed E-state index contributed by atoms with van der Waals surface area (Å²) >= 11 is 5.99. The van der Waals surface area contributed by atoms with Crippen LogP contribution in [0.5, 0.6) is 0 Å². The fraction of sp³-hybridized carbons (Fsp3) is 0.462. The summed E-state index contributed by atoms with van der Waals surface area (Å²) in [5.41, 5.74) is 6.64. The number of benzene rings is 1. The smallest absolute Gasteiger partial charge is 0.252 e. The second-order valence-electron chi connectivity index (χ2n) is 4.73. The lowest BCUT2D eigenvalue weighted by molar-refractivity contribution is 0.0944. The molecule has 1 saturated heterocycles. The fourth-order valence-corrected chi connectivity index (χ4v) is 2.46. The average molecular weight is 268 g/mol. The van der Waals surface area contributed by atoms with Crippen LogP contribution in [-0.2, 0) is 0 Å². The van der Waals surface area contributed by atoms with E-state index in [1.165, 1.54) is 6.42 Å². The molecule has 2 rings (SSSR count). The molecule has 98 valence electrons. The van der Waals surface area contributed by atoms with Gasteiger partial charge in [-0.15, -0.1) is 0 Å². The van der Waals surface area contributed by atoms with E-state index in [1.54, 1.807) is 18.2 Å². The van der Waals surface area contributed by atoms with Crippen LogP contribution in [0.2, 0.25) is 5.02 Å². The van der Waals surface area contributed by atoms with Crippen molar-refractivity contribution in [2.75, 3.05) is 25.9 Å². The number of hydrogen-bond acceptors (Lipinski definition) is 3. The van der Waals surface area contributed by atoms with E-state index < -0.39 is 0 Å². The number of anilines is 1. The van der Waals surface area contributed by atoms with E-state index in [-0.39, 0.29) is 5.91 Å². The molecule has 1 unspecified atom stereocenters. The summed E-state index contributed by atoms with van der Waals surface area (Å²) < 4.78 is 0. The predicted molar refractivity (Wildman–Crippen MR) is 73.8 cm³/mol. The van der Waals surface area contributed by atoms with Gasteiger partial charge in [-0.1, -0.05) is 11.6 Å². The largest absolute Gasteiger partial charge is 0.399 e. The van der Waals surface area contributed by atoms with Gasteiger partial charge in [0, 0.05) is 18.3 Å². The van der Waals surface area contributed by atoms with Crippen LogP contribution in [0.1, 0.15) is 23.2 Å². The van der Waals surface area contributed by atoms with Crippen molar-refractivity contribution in [1.82, 2.24) is 10.2 Å². The Balaban J connectivity index is 1.97. The van der Waals surface area contributed by atoms with Crippen LogP contribution in [0.4, 0.5) is 5.69 Å². The molecule has 18 heavy (non-hydrogen) atoms. The SMILES string of the molecule is CN1CCCC1CNC(=O)c1cc(N)ccc1Cl. The van der Waals surface area contributed by atoms with Crippen LogP contribution in [0.3, 0.4) is 0 Å². The van der Waals surface area contributed by atoms with Gasteiger partial charge in [-0.05, 0) is 44.6 Å². The van der Waals surface area contributed by atoms with Crippen LogP contribution in [-0.4, -0.2) is 37.0 Å². The first-order valence-corrected chi connectivity index (χ1v) is 6.49. The Morgan fingerprint density at radius 3 is 3.06 bits per heavy atom. The maximum Gasteiger partial charge on any atom is 0.252 e. The zero-order valence-corrected chi connectivity index (χ0v) is 11.2. The van der Waals surface area contributed by atoms with Crippen molar-refractivity contribution in [2.45, 2.75) is 18.9 Å². The molecule has 1 heterocycles. The van der Waals surface area contributed by atoms with E-state index in [4.69, 9.17) is 17.3 Å². The molecule has 1 amide bonds. The minimum atomic E-state index is -0.160. The van der Waals surface area contributed by atoms with Gasteiger partial charge >= 0.3 is 0 Å². The molecule has 0 saturated carbocycles. The number of amides is 1. The normalized spacial score (nSPS) is 20.0. The number of nitrogens with one attached hydrogen (secondary N) is 1. The molecule has 0 bridgehead atoms. The number of halogens is 1. The zero-order chi connectivity index (χ0) is 13.1. The maximum atomic E-state index is 12.0. The highest BCUT2D eigenvalue weighted by Crippen LogP contribution is 2.19. The minimum absolute atomic E-state index is 0.160. The van der Waals surface area contributed by atoms with Crippen molar-refractivity contribution >= 4 is 23.2 Å². The second-order valence-corrected chi connectivity index (χ2v) is 5.13. The van der Waals surface area contributed by atoms with Crippen molar-refractivity contribution in [2.24, 2.45) is 0 Å². The van der Waals surface area contributed by atoms with Gasteiger partial charge in [-0.2, -0.15) is 0 Å². The molecule has 0 spiro atoms. The van der Waals surface area contributed by atoms with E-state index in [0.717, 1.165) is 13.0 Å². The van der Waals surface area contributed by atoms with E-state index in [9.17, 15) is 4.79 Å². The monoisotopic (exact) mass is 267 g/mol. The van der Waals surface area contributed by atoms with Gasteiger partial charge in [0.15, 0.2) is 0 Å². The van der Waals surface area contributed by atoms with Crippen molar-refractivity contribution in [3.05, 3.63) is 28.8 Å². The minimum Gasteiger partial charge on any atom is -0.399 e. The predicted octanol–water partition coefficient (Wildman–Crippen LogP) is 1.75. The van der Waals surface area contributed by atoms with Gasteiger partial charge in [0.05, 0.1) is 10.6 Å². The Kier molecular flexibility index (Phi) is 4.09. The highest BCUT2D eigenvalue weighted by Gasteiger charge is 2.21. The van der Waals surface area contributed by atoms with Crippen molar-refractivity contribution < 1.29 is 4.79 Å². The lowest BCUT2D eigenvalue weighted by atomic mass is 10.1. The first-order valence-electron chi connectivity index (χ1n) is 6.11. The van der Waals surface area contributed by atoms with Crippen LogP contribution < -0.4 is 11.1 Å². The molecule has 4 nitrogen and oxygen atoms in total. The average Bonchev–Trinajstić information content (AvgIpc) is 2.75. The van der Waals surface area contributed by atoms with Crippen molar-refractivity contribution in [3.8, 4) is 0 Å². The molecule has 1 aromatic carbocycles. The second kappa shape index (κ2) is 5.59. The Hall–Kier alpha value is -1.26. The maximum absolute atomic E-state index is 12.0. The standard InChI is InChI=1S/C13H18ClN3O/c1-17-6-2-3-10(17)8-16-13(18)11-7-9(15)4-5-12(11)14/h4-5,7,10H,2-3,6,8,15H2,1H3,(H,16,18). The Labute approximate surface area is 112 Å². The van der Waals surface area contributed by atoms with E-state index in [0.29, 0.717) is 28.9 Å². The number of carbonyl (C=O) groups is 1. The summed E-state index contributed by atoms with van der Waals surface area (Å²) in [5.74, 6) is -0.160. The summed E-state index contributed by atoms with van der Waals surface area (Å²) in [4.78, 5) is 14.3. The number of nitrogen functional groups attached to an aromatic ring is 1. The van der Waals surface area contributed by atoms with Gasteiger partial charge in [-0.3, -0.25) is 4.79 Å².